The Kier molecular flexibility index (Phi) is 5.26. The molecule has 2 heterocycles. The molecule has 1 aromatic heterocycles. The SMILES string of the molecule is COc1cccc(-c2nnc(S(=O)(=O)CC(=O)N3CCCCC3C)o2)c1. The fraction of sp³-hybridized carbons (Fsp3) is 0.471. The first kappa shape index (κ1) is 18.4. The van der Waals surface area contributed by atoms with Gasteiger partial charge in [-0.1, -0.05) is 11.2 Å². The third-order valence-electron chi connectivity index (χ3n) is 4.43. The predicted octanol–water partition coefficient (Wildman–Crippen LogP) is 1.92. The zero-order valence-electron chi connectivity index (χ0n) is 14.7. The van der Waals surface area contributed by atoms with Crippen molar-refractivity contribution in [1.29, 1.82) is 0 Å². The van der Waals surface area contributed by atoms with Crippen LogP contribution in [0.3, 0.4) is 0 Å². The summed E-state index contributed by atoms with van der Waals surface area (Å²) in [5.41, 5.74) is 0.536. The second-order valence-electron chi connectivity index (χ2n) is 6.30. The van der Waals surface area contributed by atoms with Crippen LogP contribution in [0.4, 0.5) is 0 Å². The van der Waals surface area contributed by atoms with E-state index in [1.807, 2.05) is 6.92 Å². The standard InChI is InChI=1S/C17H21N3O5S/c1-12-6-3-4-9-20(12)15(21)11-26(22,23)17-19-18-16(25-17)13-7-5-8-14(10-13)24-2/h5,7-8,10,12H,3-4,6,9,11H2,1-2H3. The summed E-state index contributed by atoms with van der Waals surface area (Å²) in [7, 11) is -2.47. The van der Waals surface area contributed by atoms with E-state index in [0.717, 1.165) is 19.3 Å². The summed E-state index contributed by atoms with van der Waals surface area (Å²) >= 11 is 0. The second kappa shape index (κ2) is 7.45. The molecule has 3 rings (SSSR count). The summed E-state index contributed by atoms with van der Waals surface area (Å²) < 4.78 is 35.4. The van der Waals surface area contributed by atoms with Gasteiger partial charge in [0, 0.05) is 18.2 Å². The molecule has 0 aliphatic carbocycles. The van der Waals surface area contributed by atoms with Gasteiger partial charge in [0.1, 0.15) is 11.5 Å². The van der Waals surface area contributed by atoms with E-state index in [9.17, 15) is 13.2 Å². The van der Waals surface area contributed by atoms with Gasteiger partial charge in [-0.3, -0.25) is 4.79 Å². The molecule has 0 bridgehead atoms. The lowest BCUT2D eigenvalue weighted by Gasteiger charge is -2.33. The van der Waals surface area contributed by atoms with E-state index in [1.54, 1.807) is 29.2 Å². The van der Waals surface area contributed by atoms with Crippen molar-refractivity contribution >= 4 is 15.7 Å². The monoisotopic (exact) mass is 379 g/mol. The zero-order valence-corrected chi connectivity index (χ0v) is 15.5. The van der Waals surface area contributed by atoms with Crippen LogP contribution in [-0.2, 0) is 14.6 Å². The van der Waals surface area contributed by atoms with E-state index in [2.05, 4.69) is 10.2 Å². The third-order valence-corrected chi connectivity index (χ3v) is 5.75. The number of piperidine rings is 1. The van der Waals surface area contributed by atoms with Gasteiger partial charge in [-0.25, -0.2) is 8.42 Å². The largest absolute Gasteiger partial charge is 0.497 e. The van der Waals surface area contributed by atoms with Crippen molar-refractivity contribution in [2.75, 3.05) is 19.4 Å². The van der Waals surface area contributed by atoms with Crippen LogP contribution in [0.5, 0.6) is 5.75 Å². The molecular weight excluding hydrogens is 358 g/mol. The molecular formula is C17H21N3O5S. The maximum Gasteiger partial charge on any atom is 0.336 e. The first-order valence-electron chi connectivity index (χ1n) is 8.41. The van der Waals surface area contributed by atoms with Gasteiger partial charge in [-0.05, 0) is 44.4 Å². The third kappa shape index (κ3) is 3.87. The molecule has 8 nitrogen and oxygen atoms in total. The number of benzene rings is 1. The highest BCUT2D eigenvalue weighted by atomic mass is 32.2. The maximum atomic E-state index is 12.5. The lowest BCUT2D eigenvalue weighted by molar-refractivity contribution is -0.131. The Morgan fingerprint density at radius 2 is 2.15 bits per heavy atom. The van der Waals surface area contributed by atoms with Crippen molar-refractivity contribution in [3.05, 3.63) is 24.3 Å². The maximum absolute atomic E-state index is 12.5. The molecule has 1 unspecified atom stereocenters. The number of hydrogen-bond donors (Lipinski definition) is 0. The molecule has 0 N–H and O–H groups in total. The molecule has 1 aliphatic heterocycles. The Hall–Kier alpha value is -2.42. The number of likely N-dealkylation sites (tertiary alicyclic amines) is 1. The van der Waals surface area contributed by atoms with Crippen molar-refractivity contribution < 1.29 is 22.4 Å². The van der Waals surface area contributed by atoms with Crippen LogP contribution in [0.15, 0.2) is 33.9 Å². The normalized spacial score (nSPS) is 17.9. The number of carbonyl (C=O) groups excluding carboxylic acids is 1. The molecule has 0 radical (unpaired) electrons. The number of aromatic nitrogens is 2. The summed E-state index contributed by atoms with van der Waals surface area (Å²) in [5, 5.41) is 6.86. The van der Waals surface area contributed by atoms with Crippen molar-refractivity contribution in [3.63, 3.8) is 0 Å². The van der Waals surface area contributed by atoms with Gasteiger partial charge < -0.3 is 14.1 Å². The second-order valence-corrected chi connectivity index (χ2v) is 8.16. The number of methoxy groups -OCH3 is 1. The van der Waals surface area contributed by atoms with Gasteiger partial charge in [0.05, 0.1) is 7.11 Å². The van der Waals surface area contributed by atoms with Crippen molar-refractivity contribution in [3.8, 4) is 17.2 Å². The Morgan fingerprint density at radius 3 is 2.88 bits per heavy atom. The van der Waals surface area contributed by atoms with Crippen LogP contribution in [0.2, 0.25) is 0 Å². The molecule has 1 amide bonds. The van der Waals surface area contributed by atoms with E-state index < -0.39 is 26.7 Å². The minimum absolute atomic E-state index is 0.0430. The predicted molar refractivity (Wildman–Crippen MR) is 93.4 cm³/mol. The van der Waals surface area contributed by atoms with Crippen LogP contribution < -0.4 is 4.74 Å². The van der Waals surface area contributed by atoms with Crippen LogP contribution in [-0.4, -0.2) is 54.9 Å². The average Bonchev–Trinajstić information content (AvgIpc) is 3.13. The van der Waals surface area contributed by atoms with Crippen molar-refractivity contribution in [2.45, 2.75) is 37.5 Å². The first-order chi connectivity index (χ1) is 12.4. The Labute approximate surface area is 152 Å². The van der Waals surface area contributed by atoms with Gasteiger partial charge in [-0.15, -0.1) is 5.10 Å². The van der Waals surface area contributed by atoms with Crippen molar-refractivity contribution in [1.82, 2.24) is 15.1 Å². The van der Waals surface area contributed by atoms with Gasteiger partial charge in [0.15, 0.2) is 0 Å². The van der Waals surface area contributed by atoms with Gasteiger partial charge in [0.2, 0.25) is 21.6 Å². The highest BCUT2D eigenvalue weighted by Crippen LogP contribution is 2.24. The number of rotatable bonds is 5. The molecule has 1 fully saturated rings. The molecule has 1 atom stereocenters. The molecule has 1 aromatic carbocycles. The highest BCUT2D eigenvalue weighted by molar-refractivity contribution is 7.91. The number of ether oxygens (including phenoxy) is 1. The fourth-order valence-corrected chi connectivity index (χ4v) is 3.97. The number of hydrogen-bond acceptors (Lipinski definition) is 7. The van der Waals surface area contributed by atoms with E-state index in [-0.39, 0.29) is 11.9 Å². The van der Waals surface area contributed by atoms with E-state index in [1.165, 1.54) is 7.11 Å². The van der Waals surface area contributed by atoms with Crippen LogP contribution in [0.1, 0.15) is 26.2 Å². The molecule has 2 aromatic rings. The molecule has 140 valence electrons. The minimum Gasteiger partial charge on any atom is -0.497 e. The molecule has 1 saturated heterocycles. The summed E-state index contributed by atoms with van der Waals surface area (Å²) in [6.45, 7) is 2.51. The summed E-state index contributed by atoms with van der Waals surface area (Å²) in [4.78, 5) is 14.0. The first-order valence-corrected chi connectivity index (χ1v) is 10.1. The topological polar surface area (TPSA) is 103 Å². The number of carbonyl (C=O) groups is 1. The molecule has 26 heavy (non-hydrogen) atoms. The number of amides is 1. The lowest BCUT2D eigenvalue weighted by atomic mass is 10.0. The van der Waals surface area contributed by atoms with Crippen LogP contribution in [0.25, 0.3) is 11.5 Å². The molecule has 0 spiro atoms. The quantitative estimate of drug-likeness (QED) is 0.782. The van der Waals surface area contributed by atoms with Gasteiger partial charge in [0.25, 0.3) is 0 Å². The molecule has 9 heteroatoms. The minimum atomic E-state index is -4.00. The van der Waals surface area contributed by atoms with Crippen LogP contribution >= 0.6 is 0 Å². The average molecular weight is 379 g/mol. The van der Waals surface area contributed by atoms with E-state index in [4.69, 9.17) is 9.15 Å². The zero-order chi connectivity index (χ0) is 18.7. The fourth-order valence-electron chi connectivity index (χ4n) is 2.98. The van der Waals surface area contributed by atoms with Gasteiger partial charge >= 0.3 is 5.22 Å². The summed E-state index contributed by atoms with van der Waals surface area (Å²) in [5.74, 6) is -0.462. The smallest absolute Gasteiger partial charge is 0.336 e. The summed E-state index contributed by atoms with van der Waals surface area (Å²) in [6, 6.07) is 6.88. The molecule has 0 saturated carbocycles. The van der Waals surface area contributed by atoms with Gasteiger partial charge in [-0.2, -0.15) is 0 Å². The van der Waals surface area contributed by atoms with E-state index >= 15 is 0 Å². The van der Waals surface area contributed by atoms with E-state index in [0.29, 0.717) is 17.9 Å². The Morgan fingerprint density at radius 1 is 1.35 bits per heavy atom. The number of nitrogens with zero attached hydrogens (tertiary/aromatic N) is 3. The Balaban J connectivity index is 1.77. The van der Waals surface area contributed by atoms with Crippen molar-refractivity contribution in [2.24, 2.45) is 0 Å². The molecule has 1 aliphatic rings. The highest BCUT2D eigenvalue weighted by Gasteiger charge is 2.31. The lowest BCUT2D eigenvalue weighted by Crippen LogP contribution is -2.44. The Bertz CT molecular complexity index is 893. The summed E-state index contributed by atoms with van der Waals surface area (Å²) in [6.07, 6.45) is 2.81. The van der Waals surface area contributed by atoms with Crippen LogP contribution in [0, 0.1) is 0 Å². The number of sulfone groups is 1.